The highest BCUT2D eigenvalue weighted by molar-refractivity contribution is 5.95. The van der Waals surface area contributed by atoms with Gasteiger partial charge in [-0.2, -0.15) is 0 Å². The van der Waals surface area contributed by atoms with Gasteiger partial charge in [0, 0.05) is 63.2 Å². The molecule has 7 aliphatic rings. The molecule has 0 aromatic heterocycles. The molecule has 3 aliphatic heterocycles. The second kappa shape index (κ2) is 12.8. The number of hydrogen-bond donors (Lipinski definition) is 7. The molecule has 6 fully saturated rings. The zero-order valence-electron chi connectivity index (χ0n) is 29.9. The maximum atomic E-state index is 13.9. The topological polar surface area (TPSA) is 198 Å². The van der Waals surface area contributed by atoms with Crippen molar-refractivity contribution in [1.29, 1.82) is 0 Å². The van der Waals surface area contributed by atoms with Crippen LogP contribution in [0.1, 0.15) is 78.6 Å². The van der Waals surface area contributed by atoms with Crippen LogP contribution in [0.4, 0.5) is 0 Å². The predicted molar refractivity (Wildman–Crippen MR) is 178 cm³/mol. The SMILES string of the molecule is COCCCOC1CCC2(C)C(C1)C(=O)C=C1C2CCC2(C)C(C(C)(O)C(O)(O)C3OC4C(O)NC(C(=O)N5CC5)CC4C3CO)CCC12O. The summed E-state index contributed by atoms with van der Waals surface area (Å²) >= 11 is 0. The van der Waals surface area contributed by atoms with E-state index in [0.717, 1.165) is 19.3 Å². The molecule has 0 spiro atoms. The van der Waals surface area contributed by atoms with E-state index in [1.54, 1.807) is 18.1 Å². The Morgan fingerprint density at radius 2 is 1.82 bits per heavy atom. The van der Waals surface area contributed by atoms with Crippen LogP contribution >= 0.6 is 0 Å². The van der Waals surface area contributed by atoms with Crippen LogP contribution < -0.4 is 5.32 Å². The maximum absolute atomic E-state index is 13.9. The molecule has 0 radical (unpaired) electrons. The molecular formula is C37H58N2O11. The molecule has 0 aromatic carbocycles. The van der Waals surface area contributed by atoms with Crippen molar-refractivity contribution in [2.45, 2.75) is 126 Å². The molecule has 0 aromatic rings. The average Bonchev–Trinajstić information content (AvgIpc) is 3.78. The van der Waals surface area contributed by atoms with Gasteiger partial charge in [0.25, 0.3) is 0 Å². The first-order valence-corrected chi connectivity index (χ1v) is 18.8. The normalized spacial score (nSPS) is 46.7. The van der Waals surface area contributed by atoms with Gasteiger partial charge in [-0.1, -0.05) is 13.8 Å². The molecule has 7 N–H and O–H groups in total. The van der Waals surface area contributed by atoms with Gasteiger partial charge in [-0.3, -0.25) is 14.9 Å². The van der Waals surface area contributed by atoms with Crippen LogP contribution in [0.3, 0.4) is 0 Å². The van der Waals surface area contributed by atoms with E-state index in [9.17, 15) is 40.2 Å². The number of amides is 1. The number of methoxy groups -OCH3 is 1. The van der Waals surface area contributed by atoms with Gasteiger partial charge in [0.1, 0.15) is 24.0 Å². The second-order valence-corrected chi connectivity index (χ2v) is 17.3. The number of aliphatic hydroxyl groups excluding tert-OH is 2. The number of ether oxygens (including phenoxy) is 3. The highest BCUT2D eigenvalue weighted by atomic mass is 16.6. The van der Waals surface area contributed by atoms with E-state index < -0.39 is 71.2 Å². The van der Waals surface area contributed by atoms with Gasteiger partial charge in [0.05, 0.1) is 17.7 Å². The minimum absolute atomic E-state index is 0.00223. The van der Waals surface area contributed by atoms with Gasteiger partial charge in [0.2, 0.25) is 11.7 Å². The monoisotopic (exact) mass is 706 g/mol. The average molecular weight is 707 g/mol. The van der Waals surface area contributed by atoms with Gasteiger partial charge in [0.15, 0.2) is 5.78 Å². The van der Waals surface area contributed by atoms with Crippen LogP contribution in [0.15, 0.2) is 11.6 Å². The molecule has 7 rings (SSSR count). The van der Waals surface area contributed by atoms with Crippen molar-refractivity contribution in [3.63, 3.8) is 0 Å². The number of nitrogens with zero attached hydrogens (tertiary/aromatic N) is 1. The van der Waals surface area contributed by atoms with Gasteiger partial charge in [-0.15, -0.1) is 0 Å². The maximum Gasteiger partial charge on any atom is 0.239 e. The van der Waals surface area contributed by atoms with Crippen molar-refractivity contribution in [3.05, 3.63) is 11.6 Å². The zero-order valence-corrected chi connectivity index (χ0v) is 29.9. The largest absolute Gasteiger partial charge is 0.396 e. The first-order chi connectivity index (χ1) is 23.5. The highest BCUT2D eigenvalue weighted by Gasteiger charge is 2.73. The molecule has 282 valence electrons. The molecule has 13 heteroatoms. The Morgan fingerprint density at radius 3 is 2.50 bits per heavy atom. The molecular weight excluding hydrogens is 648 g/mol. The number of allylic oxidation sites excluding steroid dienone is 1. The molecule has 4 aliphatic carbocycles. The Balaban J connectivity index is 1.12. The molecule has 0 bridgehead atoms. The van der Waals surface area contributed by atoms with Crippen molar-refractivity contribution in [2.75, 3.05) is 40.0 Å². The lowest BCUT2D eigenvalue weighted by molar-refractivity contribution is -0.345. The highest BCUT2D eigenvalue weighted by Crippen LogP contribution is 2.69. The second-order valence-electron chi connectivity index (χ2n) is 17.3. The molecule has 3 heterocycles. The predicted octanol–water partition coefficient (Wildman–Crippen LogP) is 0.228. The summed E-state index contributed by atoms with van der Waals surface area (Å²) in [4.78, 5) is 28.4. The van der Waals surface area contributed by atoms with Gasteiger partial charge < -0.3 is 49.7 Å². The Morgan fingerprint density at radius 1 is 1.08 bits per heavy atom. The Labute approximate surface area is 294 Å². The lowest BCUT2D eigenvalue weighted by atomic mass is 9.45. The van der Waals surface area contributed by atoms with E-state index >= 15 is 0 Å². The number of hydrogen-bond acceptors (Lipinski definition) is 12. The van der Waals surface area contributed by atoms with Gasteiger partial charge in [-0.25, -0.2) is 0 Å². The third-order valence-electron chi connectivity index (χ3n) is 14.8. The molecule has 14 atom stereocenters. The first-order valence-electron chi connectivity index (χ1n) is 18.8. The summed E-state index contributed by atoms with van der Waals surface area (Å²) in [5.74, 6) is -5.60. The van der Waals surface area contributed by atoms with E-state index in [1.807, 2.05) is 6.92 Å². The Kier molecular flexibility index (Phi) is 9.43. The summed E-state index contributed by atoms with van der Waals surface area (Å²) in [6, 6.07) is -0.701. The van der Waals surface area contributed by atoms with Crippen LogP contribution in [0.5, 0.6) is 0 Å². The lowest BCUT2D eigenvalue weighted by Crippen LogP contribution is -2.68. The molecule has 3 saturated carbocycles. The van der Waals surface area contributed by atoms with Crippen molar-refractivity contribution in [3.8, 4) is 0 Å². The Hall–Kier alpha value is -1.52. The molecule has 1 amide bonds. The molecule has 50 heavy (non-hydrogen) atoms. The number of rotatable bonds is 10. The van der Waals surface area contributed by atoms with Crippen LogP contribution in [-0.2, 0) is 23.8 Å². The number of aliphatic hydroxyl groups is 6. The van der Waals surface area contributed by atoms with E-state index in [2.05, 4.69) is 12.2 Å². The fourth-order valence-electron chi connectivity index (χ4n) is 11.7. The standard InChI is InChI=1S/C37H58N2O11/c1-33-9-6-20(49-15-5-14-48-4)16-25(33)27(41)18-24-23(33)7-10-34(2)28(8-11-36(24,34)45)35(3,44)37(46,47)30-22(19-40)21-17-26(32(43)39-12-13-39)38-31(42)29(21)50-30/h18,20-23,25-26,28-31,38,40,42,44-47H,5-17,19H2,1-4H3. The van der Waals surface area contributed by atoms with E-state index in [1.165, 1.54) is 6.92 Å². The van der Waals surface area contributed by atoms with Gasteiger partial charge >= 0.3 is 0 Å². The third-order valence-corrected chi connectivity index (χ3v) is 14.8. The fraction of sp³-hybridized carbons (Fsp3) is 0.892. The van der Waals surface area contributed by atoms with E-state index in [4.69, 9.17) is 14.2 Å². The summed E-state index contributed by atoms with van der Waals surface area (Å²) < 4.78 is 17.4. The van der Waals surface area contributed by atoms with Crippen LogP contribution in [-0.4, -0.2) is 135 Å². The fourth-order valence-corrected chi connectivity index (χ4v) is 11.7. The molecule has 13 nitrogen and oxygen atoms in total. The zero-order chi connectivity index (χ0) is 36.0. The van der Waals surface area contributed by atoms with Crippen LogP contribution in [0.2, 0.25) is 0 Å². The molecule has 3 saturated heterocycles. The van der Waals surface area contributed by atoms with Crippen molar-refractivity contribution in [2.24, 2.45) is 40.4 Å². The van der Waals surface area contributed by atoms with E-state index in [-0.39, 0.29) is 54.3 Å². The van der Waals surface area contributed by atoms with Crippen molar-refractivity contribution >= 4 is 11.7 Å². The minimum atomic E-state index is -2.90. The summed E-state index contributed by atoms with van der Waals surface area (Å²) in [6.07, 6.45) is 2.90. The van der Waals surface area contributed by atoms with Crippen molar-refractivity contribution in [1.82, 2.24) is 10.2 Å². The number of nitrogens with one attached hydrogen (secondary N) is 1. The number of carbonyl (C=O) groups is 2. The number of piperidine rings is 1. The lowest BCUT2D eigenvalue weighted by Gasteiger charge is -2.61. The smallest absolute Gasteiger partial charge is 0.239 e. The number of fused-ring (bicyclic) bond motifs is 6. The summed E-state index contributed by atoms with van der Waals surface area (Å²) in [7, 11) is 1.66. The van der Waals surface area contributed by atoms with Crippen LogP contribution in [0, 0.1) is 40.4 Å². The minimum Gasteiger partial charge on any atom is -0.396 e. The number of ketones is 1. The number of carbonyl (C=O) groups excluding carboxylic acids is 2. The van der Waals surface area contributed by atoms with Crippen LogP contribution in [0.25, 0.3) is 0 Å². The summed E-state index contributed by atoms with van der Waals surface area (Å²) in [6.45, 7) is 7.39. The van der Waals surface area contributed by atoms with Gasteiger partial charge in [-0.05, 0) is 93.6 Å². The van der Waals surface area contributed by atoms with E-state index in [0.29, 0.717) is 51.1 Å². The Bertz CT molecular complexity index is 1370. The summed E-state index contributed by atoms with van der Waals surface area (Å²) in [5.41, 5.74) is -4.36. The van der Waals surface area contributed by atoms with Crippen molar-refractivity contribution < 1.29 is 54.4 Å². The molecule has 14 unspecified atom stereocenters. The third kappa shape index (κ3) is 5.40. The quantitative estimate of drug-likeness (QED) is 0.0929. The first kappa shape index (κ1) is 36.8. The summed E-state index contributed by atoms with van der Waals surface area (Å²) in [5, 5.41) is 73.5.